The highest BCUT2D eigenvalue weighted by Crippen LogP contribution is 2.32. The van der Waals surface area contributed by atoms with Crippen molar-refractivity contribution >= 4 is 11.7 Å². The first kappa shape index (κ1) is 14.5. The maximum Gasteiger partial charge on any atom is 0.276 e. The van der Waals surface area contributed by atoms with Crippen molar-refractivity contribution in [2.45, 2.75) is 32.2 Å². The van der Waals surface area contributed by atoms with Crippen LogP contribution in [0, 0.1) is 0 Å². The summed E-state index contributed by atoms with van der Waals surface area (Å²) < 4.78 is 5.14. The molecular formula is C15H19N5O2. The molecule has 1 aliphatic heterocycles. The molecule has 3 rings (SSSR count). The van der Waals surface area contributed by atoms with E-state index in [1.807, 2.05) is 6.92 Å². The summed E-state index contributed by atoms with van der Waals surface area (Å²) in [4.78, 5) is 23.2. The lowest BCUT2D eigenvalue weighted by Crippen LogP contribution is -2.31. The molecule has 0 unspecified atom stereocenters. The Kier molecular flexibility index (Phi) is 4.04. The number of aryl methyl sites for hydroxylation is 1. The number of carbonyl (C=O) groups is 1. The zero-order chi connectivity index (χ0) is 15.5. The highest BCUT2D eigenvalue weighted by atomic mass is 16.5. The van der Waals surface area contributed by atoms with Crippen molar-refractivity contribution in [3.8, 4) is 0 Å². The van der Waals surface area contributed by atoms with Crippen molar-refractivity contribution in [3.05, 3.63) is 35.6 Å². The molecule has 2 aromatic heterocycles. The highest BCUT2D eigenvalue weighted by Gasteiger charge is 2.33. The number of nitrogens with zero attached hydrogens (tertiary/aromatic N) is 4. The maximum absolute atomic E-state index is 12.7. The summed E-state index contributed by atoms with van der Waals surface area (Å²) in [5.74, 6) is 1.31. The molecule has 1 N–H and O–H groups in total. The van der Waals surface area contributed by atoms with Crippen LogP contribution in [0.1, 0.15) is 47.7 Å². The van der Waals surface area contributed by atoms with Gasteiger partial charge in [0, 0.05) is 26.1 Å². The predicted octanol–water partition coefficient (Wildman–Crippen LogP) is 2.05. The summed E-state index contributed by atoms with van der Waals surface area (Å²) in [6.45, 7) is 2.66. The van der Waals surface area contributed by atoms with E-state index in [1.54, 1.807) is 30.4 Å². The van der Waals surface area contributed by atoms with Crippen molar-refractivity contribution < 1.29 is 9.32 Å². The van der Waals surface area contributed by atoms with Crippen molar-refractivity contribution in [3.63, 3.8) is 0 Å². The topological polar surface area (TPSA) is 84.2 Å². The number of hydrogen-bond donors (Lipinski definition) is 1. The molecule has 3 heterocycles. The second-order valence-electron chi connectivity index (χ2n) is 5.27. The molecule has 7 nitrogen and oxygen atoms in total. The number of carbonyl (C=O) groups excluding carboxylic acids is 1. The number of nitrogens with one attached hydrogen (secondary N) is 1. The van der Waals surface area contributed by atoms with E-state index in [4.69, 9.17) is 4.52 Å². The van der Waals surface area contributed by atoms with Crippen molar-refractivity contribution in [2.75, 3.05) is 18.9 Å². The van der Waals surface area contributed by atoms with E-state index in [2.05, 4.69) is 20.4 Å². The fourth-order valence-corrected chi connectivity index (χ4v) is 2.71. The number of hydrogen-bond acceptors (Lipinski definition) is 6. The molecule has 22 heavy (non-hydrogen) atoms. The van der Waals surface area contributed by atoms with E-state index < -0.39 is 0 Å². The molecule has 1 fully saturated rings. The van der Waals surface area contributed by atoms with Crippen LogP contribution in [0.3, 0.4) is 0 Å². The van der Waals surface area contributed by atoms with E-state index in [1.165, 1.54) is 0 Å². The molecule has 1 saturated heterocycles. The molecular weight excluding hydrogens is 282 g/mol. The molecule has 0 aromatic carbocycles. The molecule has 0 bridgehead atoms. The van der Waals surface area contributed by atoms with Crippen molar-refractivity contribution in [2.24, 2.45) is 0 Å². The molecule has 0 saturated carbocycles. The molecule has 2 aromatic rings. The quantitative estimate of drug-likeness (QED) is 0.930. The van der Waals surface area contributed by atoms with E-state index in [0.29, 0.717) is 18.1 Å². The number of anilines is 1. The maximum atomic E-state index is 12.7. The summed E-state index contributed by atoms with van der Waals surface area (Å²) in [7, 11) is 1.80. The predicted molar refractivity (Wildman–Crippen MR) is 80.5 cm³/mol. The first-order valence-electron chi connectivity index (χ1n) is 7.49. The number of likely N-dealkylation sites (tertiary alicyclic amines) is 1. The Balaban J connectivity index is 1.84. The molecule has 1 aliphatic rings. The summed E-state index contributed by atoms with van der Waals surface area (Å²) in [6.07, 6.45) is 5.93. The Morgan fingerprint density at radius 1 is 1.50 bits per heavy atom. The molecule has 1 amide bonds. The van der Waals surface area contributed by atoms with Crippen LogP contribution in [0.5, 0.6) is 0 Å². The average molecular weight is 301 g/mol. The van der Waals surface area contributed by atoms with Gasteiger partial charge in [0.25, 0.3) is 5.91 Å². The normalized spacial score (nSPS) is 17.7. The lowest BCUT2D eigenvalue weighted by molar-refractivity contribution is 0.0722. The standard InChI is InChI=1S/C15H19N5O2/c1-3-10-7-11(19-22-10)15(21)20-6-4-5-13(20)12-8-17-9-14(16-2)18-12/h7-9,13H,3-6H2,1-2H3,(H,16,18)/t13-/m1/s1. The molecule has 116 valence electrons. The third-order valence-electron chi connectivity index (χ3n) is 3.89. The lowest BCUT2D eigenvalue weighted by Gasteiger charge is -2.23. The minimum absolute atomic E-state index is 0.0601. The van der Waals surface area contributed by atoms with Crippen LogP contribution in [0.2, 0.25) is 0 Å². The molecule has 0 spiro atoms. The average Bonchev–Trinajstić information content (AvgIpc) is 3.23. The van der Waals surface area contributed by atoms with Crippen LogP contribution in [0.25, 0.3) is 0 Å². The van der Waals surface area contributed by atoms with Gasteiger partial charge in [0.2, 0.25) is 0 Å². The van der Waals surface area contributed by atoms with E-state index in [9.17, 15) is 4.79 Å². The summed E-state index contributed by atoms with van der Waals surface area (Å²) in [5, 5.41) is 6.85. The smallest absolute Gasteiger partial charge is 0.276 e. The Morgan fingerprint density at radius 3 is 3.09 bits per heavy atom. The zero-order valence-corrected chi connectivity index (χ0v) is 12.7. The van der Waals surface area contributed by atoms with E-state index in [-0.39, 0.29) is 11.9 Å². The minimum Gasteiger partial charge on any atom is -0.372 e. The summed E-state index contributed by atoms with van der Waals surface area (Å²) in [5.41, 5.74) is 1.17. The van der Waals surface area contributed by atoms with Gasteiger partial charge in [-0.1, -0.05) is 12.1 Å². The minimum atomic E-state index is -0.109. The Hall–Kier alpha value is -2.44. The third kappa shape index (κ3) is 2.66. The van der Waals surface area contributed by atoms with Crippen LogP contribution < -0.4 is 5.32 Å². The van der Waals surface area contributed by atoms with Gasteiger partial charge in [0.15, 0.2) is 5.69 Å². The van der Waals surface area contributed by atoms with Gasteiger partial charge in [-0.3, -0.25) is 9.78 Å². The number of amides is 1. The first-order chi connectivity index (χ1) is 10.7. The fraction of sp³-hybridized carbons (Fsp3) is 0.467. The summed E-state index contributed by atoms with van der Waals surface area (Å²) in [6, 6.07) is 1.66. The van der Waals surface area contributed by atoms with Gasteiger partial charge in [0.05, 0.1) is 24.1 Å². The van der Waals surface area contributed by atoms with Crippen molar-refractivity contribution in [1.82, 2.24) is 20.0 Å². The summed E-state index contributed by atoms with van der Waals surface area (Å²) >= 11 is 0. The third-order valence-corrected chi connectivity index (χ3v) is 3.89. The van der Waals surface area contributed by atoms with Gasteiger partial charge in [-0.05, 0) is 12.8 Å². The van der Waals surface area contributed by atoms with Gasteiger partial charge in [0.1, 0.15) is 11.6 Å². The van der Waals surface area contributed by atoms with Crippen LogP contribution >= 0.6 is 0 Å². The fourth-order valence-electron chi connectivity index (χ4n) is 2.71. The van der Waals surface area contributed by atoms with E-state index in [0.717, 1.165) is 30.7 Å². The van der Waals surface area contributed by atoms with Crippen LogP contribution in [0.15, 0.2) is 23.0 Å². The second-order valence-corrected chi connectivity index (χ2v) is 5.27. The molecule has 0 aliphatic carbocycles. The SMILES string of the molecule is CCc1cc(C(=O)N2CCC[C@@H]2c2cncc(NC)n2)no1. The van der Waals surface area contributed by atoms with Crippen molar-refractivity contribution in [1.29, 1.82) is 0 Å². The van der Waals surface area contributed by atoms with E-state index >= 15 is 0 Å². The van der Waals surface area contributed by atoms with Crippen LogP contribution in [-0.2, 0) is 6.42 Å². The Labute approximate surface area is 128 Å². The number of aromatic nitrogens is 3. The second kappa shape index (κ2) is 6.13. The lowest BCUT2D eigenvalue weighted by atomic mass is 10.1. The molecule has 0 radical (unpaired) electrons. The Morgan fingerprint density at radius 2 is 2.36 bits per heavy atom. The largest absolute Gasteiger partial charge is 0.372 e. The monoisotopic (exact) mass is 301 g/mol. The molecule has 1 atom stereocenters. The Bertz CT molecular complexity index is 669. The van der Waals surface area contributed by atoms with Gasteiger partial charge in [-0.15, -0.1) is 0 Å². The molecule has 7 heteroatoms. The van der Waals surface area contributed by atoms with Gasteiger partial charge >= 0.3 is 0 Å². The number of rotatable bonds is 4. The highest BCUT2D eigenvalue weighted by molar-refractivity contribution is 5.92. The van der Waals surface area contributed by atoms with Gasteiger partial charge in [-0.2, -0.15) is 0 Å². The van der Waals surface area contributed by atoms with Gasteiger partial charge < -0.3 is 14.7 Å². The zero-order valence-electron chi connectivity index (χ0n) is 12.7. The first-order valence-corrected chi connectivity index (χ1v) is 7.49. The van der Waals surface area contributed by atoms with Crippen LogP contribution in [0.4, 0.5) is 5.82 Å². The van der Waals surface area contributed by atoms with Crippen LogP contribution in [-0.4, -0.2) is 39.5 Å². The van der Waals surface area contributed by atoms with Gasteiger partial charge in [-0.25, -0.2) is 4.98 Å².